The van der Waals surface area contributed by atoms with Crippen LogP contribution in [0.15, 0.2) is 48.5 Å². The summed E-state index contributed by atoms with van der Waals surface area (Å²) >= 11 is 0. The molecule has 0 radical (unpaired) electrons. The number of hydrogen-bond acceptors (Lipinski definition) is 3. The van der Waals surface area contributed by atoms with E-state index < -0.39 is 0 Å². The third-order valence-electron chi connectivity index (χ3n) is 2.93. The Morgan fingerprint density at radius 3 is 2.24 bits per heavy atom. The van der Waals surface area contributed by atoms with Gasteiger partial charge in [0.2, 0.25) is 0 Å². The van der Waals surface area contributed by atoms with Crippen LogP contribution in [0.3, 0.4) is 0 Å². The predicted molar refractivity (Wildman–Crippen MR) is 88.4 cm³/mol. The predicted octanol–water partition coefficient (Wildman–Crippen LogP) is 3.72. The fourth-order valence-corrected chi connectivity index (χ4v) is 1.87. The average Bonchev–Trinajstić information content (AvgIpc) is 2.47. The molecule has 114 valence electrons. The minimum Gasteiger partial charge on any atom is -0.494 e. The lowest BCUT2D eigenvalue weighted by Crippen LogP contribution is -2.06. The van der Waals surface area contributed by atoms with Gasteiger partial charge in [-0.25, -0.2) is 0 Å². The first-order valence-corrected chi connectivity index (χ1v) is 6.89. The molecule has 0 aliphatic rings. The van der Waals surface area contributed by atoms with Gasteiger partial charge in [0.25, 0.3) is 0 Å². The van der Waals surface area contributed by atoms with E-state index in [1.807, 2.05) is 30.3 Å². The van der Waals surface area contributed by atoms with Crippen LogP contribution in [0.1, 0.15) is 17.5 Å². The second-order valence-corrected chi connectivity index (χ2v) is 4.74. The number of aryl methyl sites for hydroxylation is 1. The Morgan fingerprint density at radius 1 is 0.952 bits per heavy atom. The van der Waals surface area contributed by atoms with Crippen molar-refractivity contribution in [3.8, 4) is 11.5 Å². The first kappa shape index (κ1) is 17.3. The summed E-state index contributed by atoms with van der Waals surface area (Å²) in [5.41, 5.74) is 7.84. The summed E-state index contributed by atoms with van der Waals surface area (Å²) in [7, 11) is 0. The first-order chi connectivity index (χ1) is 9.78. The molecule has 2 aromatic carbocycles. The first-order valence-electron chi connectivity index (χ1n) is 6.89. The molecule has 21 heavy (non-hydrogen) atoms. The molecule has 0 bridgehead atoms. The standard InChI is InChI=1S/C17H21NO2.ClH/c1-14-4-2-5-15(12-14)13-20-17-8-6-16(7-9-17)19-11-3-10-18;/h2,4-9,12H,3,10-11,13,18H2,1H3;1H. The zero-order chi connectivity index (χ0) is 14.2. The summed E-state index contributed by atoms with van der Waals surface area (Å²) in [6.45, 7) is 3.96. The quantitative estimate of drug-likeness (QED) is 0.793. The Labute approximate surface area is 132 Å². The molecule has 2 aromatic rings. The highest BCUT2D eigenvalue weighted by molar-refractivity contribution is 5.85. The van der Waals surface area contributed by atoms with E-state index in [1.54, 1.807) is 0 Å². The highest BCUT2D eigenvalue weighted by Gasteiger charge is 1.98. The van der Waals surface area contributed by atoms with Crippen LogP contribution in [0, 0.1) is 6.92 Å². The molecule has 0 saturated carbocycles. The van der Waals surface area contributed by atoms with Gasteiger partial charge in [-0.1, -0.05) is 29.8 Å². The third-order valence-corrected chi connectivity index (χ3v) is 2.93. The van der Waals surface area contributed by atoms with Crippen LogP contribution < -0.4 is 15.2 Å². The van der Waals surface area contributed by atoms with E-state index in [-0.39, 0.29) is 12.4 Å². The van der Waals surface area contributed by atoms with Crippen molar-refractivity contribution in [3.63, 3.8) is 0 Å². The average molecular weight is 308 g/mol. The smallest absolute Gasteiger partial charge is 0.120 e. The fraction of sp³-hybridized carbons (Fsp3) is 0.294. The Bertz CT molecular complexity index is 529. The van der Waals surface area contributed by atoms with Crippen LogP contribution in [0.2, 0.25) is 0 Å². The topological polar surface area (TPSA) is 44.5 Å². The van der Waals surface area contributed by atoms with E-state index in [4.69, 9.17) is 15.2 Å². The maximum atomic E-state index is 5.75. The SMILES string of the molecule is Cc1cccc(COc2ccc(OCCCN)cc2)c1.Cl. The van der Waals surface area contributed by atoms with Crippen molar-refractivity contribution in [2.45, 2.75) is 20.0 Å². The molecule has 4 heteroatoms. The minimum absolute atomic E-state index is 0. The lowest BCUT2D eigenvalue weighted by Gasteiger charge is -2.09. The Balaban J connectivity index is 0.00000220. The number of hydrogen-bond donors (Lipinski definition) is 1. The zero-order valence-corrected chi connectivity index (χ0v) is 13.1. The van der Waals surface area contributed by atoms with Crippen molar-refractivity contribution < 1.29 is 9.47 Å². The molecular weight excluding hydrogens is 286 g/mol. The molecule has 0 atom stereocenters. The molecule has 0 heterocycles. The minimum atomic E-state index is 0. The van der Waals surface area contributed by atoms with Gasteiger partial charge < -0.3 is 15.2 Å². The Morgan fingerprint density at radius 2 is 1.62 bits per heavy atom. The van der Waals surface area contributed by atoms with Gasteiger partial charge in [0, 0.05) is 0 Å². The van der Waals surface area contributed by atoms with E-state index in [0.717, 1.165) is 17.9 Å². The van der Waals surface area contributed by atoms with Crippen LogP contribution in [0.4, 0.5) is 0 Å². The zero-order valence-electron chi connectivity index (χ0n) is 12.2. The van der Waals surface area contributed by atoms with Gasteiger partial charge in [0.15, 0.2) is 0 Å². The third kappa shape index (κ3) is 6.06. The van der Waals surface area contributed by atoms with E-state index >= 15 is 0 Å². The monoisotopic (exact) mass is 307 g/mol. The van der Waals surface area contributed by atoms with Gasteiger partial charge in [-0.3, -0.25) is 0 Å². The van der Waals surface area contributed by atoms with Crippen molar-refractivity contribution in [1.82, 2.24) is 0 Å². The van der Waals surface area contributed by atoms with E-state index in [0.29, 0.717) is 19.8 Å². The van der Waals surface area contributed by atoms with Gasteiger partial charge >= 0.3 is 0 Å². The van der Waals surface area contributed by atoms with Crippen LogP contribution >= 0.6 is 12.4 Å². The summed E-state index contributed by atoms with van der Waals surface area (Å²) in [4.78, 5) is 0. The van der Waals surface area contributed by atoms with Gasteiger partial charge in [-0.2, -0.15) is 0 Å². The summed E-state index contributed by atoms with van der Waals surface area (Å²) in [6, 6.07) is 16.0. The number of rotatable bonds is 7. The molecule has 0 spiro atoms. The van der Waals surface area contributed by atoms with Crippen molar-refractivity contribution in [3.05, 3.63) is 59.7 Å². The molecular formula is C17H22ClNO2. The molecule has 0 saturated heterocycles. The molecule has 3 nitrogen and oxygen atoms in total. The Kier molecular flexibility index (Phi) is 7.65. The van der Waals surface area contributed by atoms with E-state index in [1.165, 1.54) is 11.1 Å². The number of halogens is 1. The normalized spacial score (nSPS) is 9.81. The van der Waals surface area contributed by atoms with Crippen molar-refractivity contribution in [1.29, 1.82) is 0 Å². The molecule has 0 unspecified atom stereocenters. The molecule has 0 aliphatic carbocycles. The summed E-state index contributed by atoms with van der Waals surface area (Å²) in [6.07, 6.45) is 0.867. The van der Waals surface area contributed by atoms with Gasteiger partial charge in [-0.05, 0) is 49.7 Å². The molecule has 0 amide bonds. The van der Waals surface area contributed by atoms with E-state index in [9.17, 15) is 0 Å². The van der Waals surface area contributed by atoms with Crippen LogP contribution in [-0.2, 0) is 6.61 Å². The van der Waals surface area contributed by atoms with Gasteiger partial charge in [0.1, 0.15) is 18.1 Å². The molecule has 0 aliphatic heterocycles. The number of ether oxygens (including phenoxy) is 2. The van der Waals surface area contributed by atoms with Gasteiger partial charge in [-0.15, -0.1) is 12.4 Å². The van der Waals surface area contributed by atoms with Crippen molar-refractivity contribution >= 4 is 12.4 Å². The summed E-state index contributed by atoms with van der Waals surface area (Å²) < 4.78 is 11.3. The lowest BCUT2D eigenvalue weighted by atomic mass is 10.1. The molecule has 0 aromatic heterocycles. The van der Waals surface area contributed by atoms with Crippen LogP contribution in [0.25, 0.3) is 0 Å². The van der Waals surface area contributed by atoms with Gasteiger partial charge in [0.05, 0.1) is 6.61 Å². The second kappa shape index (κ2) is 9.27. The second-order valence-electron chi connectivity index (χ2n) is 4.74. The number of nitrogens with two attached hydrogens (primary N) is 1. The maximum Gasteiger partial charge on any atom is 0.120 e. The Hall–Kier alpha value is -1.71. The lowest BCUT2D eigenvalue weighted by molar-refractivity contribution is 0.300. The van der Waals surface area contributed by atoms with Crippen LogP contribution in [0.5, 0.6) is 11.5 Å². The summed E-state index contributed by atoms with van der Waals surface area (Å²) in [5.74, 6) is 1.69. The summed E-state index contributed by atoms with van der Waals surface area (Å²) in [5, 5.41) is 0. The van der Waals surface area contributed by atoms with E-state index in [2.05, 4.69) is 25.1 Å². The largest absolute Gasteiger partial charge is 0.494 e. The highest BCUT2D eigenvalue weighted by atomic mass is 35.5. The molecule has 2 N–H and O–H groups in total. The highest BCUT2D eigenvalue weighted by Crippen LogP contribution is 2.19. The van der Waals surface area contributed by atoms with Crippen molar-refractivity contribution in [2.75, 3.05) is 13.2 Å². The number of benzene rings is 2. The molecule has 2 rings (SSSR count). The van der Waals surface area contributed by atoms with Crippen LogP contribution in [-0.4, -0.2) is 13.2 Å². The fourth-order valence-electron chi connectivity index (χ4n) is 1.87. The maximum absolute atomic E-state index is 5.75. The molecule has 0 fully saturated rings. The van der Waals surface area contributed by atoms with Crippen molar-refractivity contribution in [2.24, 2.45) is 5.73 Å².